The molecule has 4 heterocycles. The Balaban J connectivity index is 1.67. The number of nitrogens with zero attached hydrogens (tertiary/aromatic N) is 2. The van der Waals surface area contributed by atoms with E-state index in [1.165, 1.54) is 16.0 Å². The number of carbonyl (C=O) groups excluding carboxylic acids is 1. The van der Waals surface area contributed by atoms with Gasteiger partial charge in [0.15, 0.2) is 5.84 Å². The van der Waals surface area contributed by atoms with Gasteiger partial charge in [0.25, 0.3) is 0 Å². The summed E-state index contributed by atoms with van der Waals surface area (Å²) in [4.78, 5) is 24.7. The molecule has 0 saturated heterocycles. The number of hydrogen-bond acceptors (Lipinski definition) is 4. The van der Waals surface area contributed by atoms with Gasteiger partial charge in [-0.3, -0.25) is 14.7 Å². The molecule has 0 bridgehead atoms. The molecule has 2 atom stereocenters. The van der Waals surface area contributed by atoms with Gasteiger partial charge in [-0.15, -0.1) is 11.8 Å². The highest BCUT2D eigenvalue weighted by Gasteiger charge is 2.46. The average molecular weight is 353 g/mol. The number of ether oxygens (including phenoxy) is 1. The number of allylic oxidation sites excluding steroid dienone is 1. The van der Waals surface area contributed by atoms with E-state index in [4.69, 9.17) is 9.73 Å². The molecule has 1 N–H and O–H groups in total. The van der Waals surface area contributed by atoms with Crippen LogP contribution in [0.4, 0.5) is 0 Å². The number of nitrogens with one attached hydrogen (secondary N) is 1. The molecule has 0 aliphatic carbocycles. The number of amides is 1. The number of rotatable bonds is 1. The first kappa shape index (κ1) is 15.1. The van der Waals surface area contributed by atoms with E-state index >= 15 is 0 Å². The van der Waals surface area contributed by atoms with Crippen molar-refractivity contribution in [1.82, 2.24) is 9.88 Å². The minimum Gasteiger partial charge on any atom is -0.497 e. The first-order chi connectivity index (χ1) is 12.1. The minimum absolute atomic E-state index is 0.0225. The predicted molar refractivity (Wildman–Crippen MR) is 100 cm³/mol. The van der Waals surface area contributed by atoms with Crippen LogP contribution in [0.1, 0.15) is 25.1 Å². The van der Waals surface area contributed by atoms with Crippen LogP contribution in [0.25, 0.3) is 10.9 Å². The second-order valence-electron chi connectivity index (χ2n) is 6.81. The number of methoxy groups -OCH3 is 1. The number of aromatic nitrogens is 1. The molecule has 128 valence electrons. The Kier molecular flexibility index (Phi) is 3.10. The van der Waals surface area contributed by atoms with Gasteiger partial charge in [-0.05, 0) is 54.5 Å². The van der Waals surface area contributed by atoms with Crippen LogP contribution in [-0.4, -0.2) is 40.7 Å². The smallest absolute Gasteiger partial charge is 0.238 e. The third-order valence-corrected chi connectivity index (χ3v) is 6.86. The van der Waals surface area contributed by atoms with Crippen LogP contribution in [0.2, 0.25) is 0 Å². The lowest BCUT2D eigenvalue weighted by atomic mass is 9.94. The standard InChI is InChI=1S/C19H19N3O2S/c1-9-10(2)25-18-15(9)19(23)22-7-6-12-13-8-11(24-3)4-5-14(13)20-16(12)17(22)21-18/h4-5,8,15,18,20H,6-7H2,1-3H3/t15-,18-/m1/s1. The van der Waals surface area contributed by atoms with Crippen molar-refractivity contribution in [2.75, 3.05) is 13.7 Å². The summed E-state index contributed by atoms with van der Waals surface area (Å²) < 4.78 is 5.37. The fourth-order valence-corrected chi connectivity index (χ4v) is 5.37. The van der Waals surface area contributed by atoms with Gasteiger partial charge in [-0.1, -0.05) is 0 Å². The average Bonchev–Trinajstić information content (AvgIpc) is 3.12. The zero-order valence-corrected chi connectivity index (χ0v) is 15.2. The molecular weight excluding hydrogens is 334 g/mol. The van der Waals surface area contributed by atoms with Crippen molar-refractivity contribution in [3.05, 3.63) is 39.9 Å². The summed E-state index contributed by atoms with van der Waals surface area (Å²) in [7, 11) is 1.68. The molecule has 5 rings (SSSR count). The second kappa shape index (κ2) is 5.14. The summed E-state index contributed by atoms with van der Waals surface area (Å²) in [6.45, 7) is 4.84. The number of amidine groups is 1. The molecule has 3 aliphatic rings. The van der Waals surface area contributed by atoms with Crippen molar-refractivity contribution in [3.8, 4) is 5.75 Å². The Morgan fingerprint density at radius 1 is 1.36 bits per heavy atom. The monoisotopic (exact) mass is 353 g/mol. The fourth-order valence-electron chi connectivity index (χ4n) is 4.09. The zero-order valence-electron chi connectivity index (χ0n) is 14.4. The molecule has 1 aromatic heterocycles. The molecular formula is C19H19N3O2S. The third kappa shape index (κ3) is 1.97. The number of aliphatic imine (C=N–C) groups is 1. The number of aromatic amines is 1. The molecule has 0 saturated carbocycles. The quantitative estimate of drug-likeness (QED) is 0.856. The minimum atomic E-state index is -0.0974. The van der Waals surface area contributed by atoms with Crippen molar-refractivity contribution >= 4 is 34.4 Å². The van der Waals surface area contributed by atoms with Gasteiger partial charge in [0.1, 0.15) is 11.1 Å². The highest BCUT2D eigenvalue weighted by molar-refractivity contribution is 8.04. The van der Waals surface area contributed by atoms with E-state index in [1.54, 1.807) is 18.9 Å². The molecule has 0 radical (unpaired) electrons. The van der Waals surface area contributed by atoms with Gasteiger partial charge in [0.2, 0.25) is 5.91 Å². The Labute approximate surface area is 150 Å². The molecule has 25 heavy (non-hydrogen) atoms. The number of fused-ring (bicyclic) bond motifs is 6. The maximum absolute atomic E-state index is 13.1. The number of hydrogen-bond donors (Lipinski definition) is 1. The molecule has 5 nitrogen and oxygen atoms in total. The van der Waals surface area contributed by atoms with Crippen LogP contribution in [0, 0.1) is 5.92 Å². The summed E-state index contributed by atoms with van der Waals surface area (Å²) in [5.74, 6) is 1.75. The fraction of sp³-hybridized carbons (Fsp3) is 0.368. The second-order valence-corrected chi connectivity index (χ2v) is 8.14. The van der Waals surface area contributed by atoms with Crippen LogP contribution in [0.15, 0.2) is 33.7 Å². The molecule has 1 amide bonds. The highest BCUT2D eigenvalue weighted by Crippen LogP contribution is 2.46. The maximum Gasteiger partial charge on any atom is 0.238 e. The maximum atomic E-state index is 13.1. The summed E-state index contributed by atoms with van der Waals surface area (Å²) in [6, 6.07) is 6.05. The number of carbonyl (C=O) groups is 1. The van der Waals surface area contributed by atoms with Gasteiger partial charge in [0, 0.05) is 17.4 Å². The Bertz CT molecular complexity index is 988. The molecule has 3 aliphatic heterocycles. The van der Waals surface area contributed by atoms with Crippen molar-refractivity contribution in [1.29, 1.82) is 0 Å². The normalized spacial score (nSPS) is 25.0. The summed E-state index contributed by atoms with van der Waals surface area (Å²) in [5, 5.41) is 1.14. The first-order valence-corrected chi connectivity index (χ1v) is 9.38. The lowest BCUT2D eigenvalue weighted by Crippen LogP contribution is -2.50. The lowest BCUT2D eigenvalue weighted by Gasteiger charge is -2.36. The number of benzene rings is 1. The Hall–Kier alpha value is -2.21. The number of H-pyrrole nitrogens is 1. The molecule has 6 heteroatoms. The molecule has 0 unspecified atom stereocenters. The van der Waals surface area contributed by atoms with Crippen LogP contribution in [0.5, 0.6) is 5.75 Å². The van der Waals surface area contributed by atoms with Gasteiger partial charge >= 0.3 is 0 Å². The van der Waals surface area contributed by atoms with Crippen LogP contribution < -0.4 is 4.74 Å². The van der Waals surface area contributed by atoms with Crippen molar-refractivity contribution in [3.63, 3.8) is 0 Å². The van der Waals surface area contributed by atoms with Crippen molar-refractivity contribution in [2.45, 2.75) is 25.6 Å². The van der Waals surface area contributed by atoms with E-state index in [-0.39, 0.29) is 17.2 Å². The van der Waals surface area contributed by atoms with Gasteiger partial charge in [-0.25, -0.2) is 0 Å². The lowest BCUT2D eigenvalue weighted by molar-refractivity contribution is -0.131. The zero-order chi connectivity index (χ0) is 17.3. The van der Waals surface area contributed by atoms with Gasteiger partial charge < -0.3 is 9.72 Å². The van der Waals surface area contributed by atoms with E-state index < -0.39 is 0 Å². The summed E-state index contributed by atoms with van der Waals surface area (Å²) in [5.41, 5.74) is 4.47. The van der Waals surface area contributed by atoms with Crippen molar-refractivity contribution < 1.29 is 9.53 Å². The summed E-state index contributed by atoms with van der Waals surface area (Å²) in [6.07, 6.45) is 0.833. The van der Waals surface area contributed by atoms with Crippen LogP contribution in [0.3, 0.4) is 0 Å². The molecule has 0 spiro atoms. The summed E-state index contributed by atoms with van der Waals surface area (Å²) >= 11 is 1.72. The van der Waals surface area contributed by atoms with E-state index in [2.05, 4.69) is 24.9 Å². The van der Waals surface area contributed by atoms with Crippen LogP contribution >= 0.6 is 11.8 Å². The Morgan fingerprint density at radius 2 is 2.20 bits per heavy atom. The largest absolute Gasteiger partial charge is 0.497 e. The molecule has 0 fully saturated rings. The number of thioether (sulfide) groups is 1. The van der Waals surface area contributed by atoms with E-state index in [9.17, 15) is 4.79 Å². The van der Waals surface area contributed by atoms with Crippen LogP contribution in [-0.2, 0) is 11.2 Å². The third-order valence-electron chi connectivity index (χ3n) is 5.56. The highest BCUT2D eigenvalue weighted by atomic mass is 32.2. The predicted octanol–water partition coefficient (Wildman–Crippen LogP) is 3.30. The topological polar surface area (TPSA) is 57.7 Å². The van der Waals surface area contributed by atoms with E-state index in [1.807, 2.05) is 17.0 Å². The SMILES string of the molecule is COc1ccc2[nH]c3c(c2c1)CCN1C(=O)[C@@H]2C(C)=C(C)S[C@H]2N=C31. The Morgan fingerprint density at radius 3 is 3.00 bits per heavy atom. The van der Waals surface area contributed by atoms with Crippen molar-refractivity contribution in [2.24, 2.45) is 10.9 Å². The van der Waals surface area contributed by atoms with E-state index in [0.29, 0.717) is 6.54 Å². The van der Waals surface area contributed by atoms with Gasteiger partial charge in [-0.2, -0.15) is 0 Å². The molecule has 2 aromatic rings. The molecule has 1 aromatic carbocycles. The first-order valence-electron chi connectivity index (χ1n) is 8.50. The van der Waals surface area contributed by atoms with E-state index in [0.717, 1.165) is 34.6 Å². The van der Waals surface area contributed by atoms with Gasteiger partial charge in [0.05, 0.1) is 18.7 Å².